The highest BCUT2D eigenvalue weighted by Gasteiger charge is 2.24. The fourth-order valence-corrected chi connectivity index (χ4v) is 1.72. The van der Waals surface area contributed by atoms with Gasteiger partial charge in [0.2, 0.25) is 0 Å². The molecule has 0 aliphatic heterocycles. The first-order chi connectivity index (χ1) is 6.99. The minimum Gasteiger partial charge on any atom is -0.507 e. The molecule has 0 spiro atoms. The first-order valence-corrected chi connectivity index (χ1v) is 5.02. The van der Waals surface area contributed by atoms with Gasteiger partial charge in [-0.15, -0.1) is 0 Å². The smallest absolute Gasteiger partial charge is 0.339 e. The van der Waals surface area contributed by atoms with Gasteiger partial charge in [0.1, 0.15) is 5.75 Å². The van der Waals surface area contributed by atoms with Crippen molar-refractivity contribution in [3.05, 3.63) is 27.7 Å². The Hall–Kier alpha value is -1.07. The number of halogens is 1. The number of phenols is 1. The summed E-state index contributed by atoms with van der Waals surface area (Å²) in [5.41, 5.74) is 0.706. The van der Waals surface area contributed by atoms with E-state index < -0.39 is 12.1 Å². The number of benzene rings is 1. The number of aromatic hydroxyl groups is 1. The molecule has 0 heterocycles. The van der Waals surface area contributed by atoms with E-state index in [2.05, 4.69) is 20.7 Å². The van der Waals surface area contributed by atoms with Gasteiger partial charge >= 0.3 is 5.97 Å². The molecule has 0 saturated heterocycles. The van der Waals surface area contributed by atoms with Crippen LogP contribution in [0.5, 0.6) is 5.75 Å². The summed E-state index contributed by atoms with van der Waals surface area (Å²) in [6.07, 6.45) is -1.48. The Morgan fingerprint density at radius 1 is 1.53 bits per heavy atom. The molecule has 0 amide bonds. The molecule has 15 heavy (non-hydrogen) atoms. The number of rotatable bonds is 2. The van der Waals surface area contributed by atoms with Gasteiger partial charge in [-0.05, 0) is 18.6 Å². The zero-order valence-corrected chi connectivity index (χ0v) is 9.91. The quantitative estimate of drug-likeness (QED) is 0.806. The van der Waals surface area contributed by atoms with Crippen molar-refractivity contribution in [3.63, 3.8) is 0 Å². The van der Waals surface area contributed by atoms with Gasteiger partial charge in [-0.3, -0.25) is 0 Å². The number of methoxy groups -OCH3 is 1. The summed E-state index contributed by atoms with van der Waals surface area (Å²) in [6.45, 7) is 1.68. The van der Waals surface area contributed by atoms with Crippen molar-refractivity contribution in [2.24, 2.45) is 0 Å². The predicted octanol–water partition coefficient (Wildman–Crippen LogP) is 1.67. The maximum absolute atomic E-state index is 11.1. The van der Waals surface area contributed by atoms with Crippen molar-refractivity contribution in [2.45, 2.75) is 13.0 Å². The molecule has 2 N–H and O–H groups in total. The molecule has 0 radical (unpaired) electrons. The number of carbonyl (C=O) groups excluding carboxylic acids is 1. The molecule has 1 rings (SSSR count). The van der Waals surface area contributed by atoms with E-state index in [1.165, 1.54) is 7.11 Å². The Morgan fingerprint density at radius 2 is 2.13 bits per heavy atom. The zero-order chi connectivity index (χ0) is 11.6. The second-order valence-corrected chi connectivity index (χ2v) is 3.91. The van der Waals surface area contributed by atoms with Gasteiger partial charge in [-0.1, -0.05) is 22.0 Å². The lowest BCUT2D eigenvalue weighted by molar-refractivity contribution is -0.150. The van der Waals surface area contributed by atoms with Crippen LogP contribution < -0.4 is 0 Å². The van der Waals surface area contributed by atoms with E-state index in [9.17, 15) is 15.0 Å². The molecule has 0 bridgehead atoms. The van der Waals surface area contributed by atoms with Crippen LogP contribution in [0.3, 0.4) is 0 Å². The first kappa shape index (κ1) is 12.0. The lowest BCUT2D eigenvalue weighted by Gasteiger charge is -2.13. The summed E-state index contributed by atoms with van der Waals surface area (Å²) in [5.74, 6) is -0.918. The van der Waals surface area contributed by atoms with Crippen molar-refractivity contribution < 1.29 is 19.7 Å². The van der Waals surface area contributed by atoms with E-state index in [4.69, 9.17) is 0 Å². The molecule has 0 aliphatic carbocycles. The summed E-state index contributed by atoms with van der Waals surface area (Å²) in [4.78, 5) is 11.1. The van der Waals surface area contributed by atoms with E-state index in [0.717, 1.165) is 0 Å². The molecular weight excluding hydrogens is 264 g/mol. The van der Waals surface area contributed by atoms with Crippen LogP contribution in [-0.4, -0.2) is 23.3 Å². The third-order valence-corrected chi connectivity index (χ3v) is 2.75. The van der Waals surface area contributed by atoms with Crippen LogP contribution >= 0.6 is 15.9 Å². The largest absolute Gasteiger partial charge is 0.507 e. The predicted molar refractivity (Wildman–Crippen MR) is 57.5 cm³/mol. The molecule has 0 saturated carbocycles. The number of aliphatic hydroxyl groups excluding tert-OH is 1. The highest BCUT2D eigenvalue weighted by atomic mass is 79.9. The Balaban J connectivity index is 3.24. The monoisotopic (exact) mass is 274 g/mol. The van der Waals surface area contributed by atoms with Gasteiger partial charge in [0.15, 0.2) is 6.10 Å². The minimum absolute atomic E-state index is 0.109. The molecule has 1 unspecified atom stereocenters. The van der Waals surface area contributed by atoms with Crippen molar-refractivity contribution >= 4 is 21.9 Å². The Bertz CT molecular complexity index is 389. The third kappa shape index (κ3) is 2.30. The van der Waals surface area contributed by atoms with Gasteiger partial charge in [0.25, 0.3) is 0 Å². The summed E-state index contributed by atoms with van der Waals surface area (Å²) in [7, 11) is 1.17. The average molecular weight is 275 g/mol. The van der Waals surface area contributed by atoms with Crippen LogP contribution in [0.15, 0.2) is 16.6 Å². The summed E-state index contributed by atoms with van der Waals surface area (Å²) >= 11 is 3.15. The van der Waals surface area contributed by atoms with E-state index in [-0.39, 0.29) is 11.3 Å². The second kappa shape index (κ2) is 4.63. The highest BCUT2D eigenvalue weighted by molar-refractivity contribution is 9.10. The average Bonchev–Trinajstić information content (AvgIpc) is 2.22. The number of esters is 1. The maximum Gasteiger partial charge on any atom is 0.339 e. The van der Waals surface area contributed by atoms with Crippen LogP contribution in [-0.2, 0) is 9.53 Å². The maximum atomic E-state index is 11.1. The number of aryl methyl sites for hydroxylation is 1. The lowest BCUT2D eigenvalue weighted by atomic mass is 10.0. The Kier molecular flexibility index (Phi) is 3.71. The topological polar surface area (TPSA) is 66.8 Å². The van der Waals surface area contributed by atoms with Crippen molar-refractivity contribution in [1.29, 1.82) is 0 Å². The summed E-state index contributed by atoms with van der Waals surface area (Å²) < 4.78 is 4.86. The van der Waals surface area contributed by atoms with Gasteiger partial charge < -0.3 is 14.9 Å². The first-order valence-electron chi connectivity index (χ1n) is 4.23. The molecule has 0 aromatic heterocycles. The second-order valence-electron chi connectivity index (χ2n) is 3.05. The van der Waals surface area contributed by atoms with E-state index in [0.29, 0.717) is 10.0 Å². The van der Waals surface area contributed by atoms with Crippen molar-refractivity contribution in [3.8, 4) is 5.75 Å². The molecule has 1 atom stereocenters. The fourth-order valence-electron chi connectivity index (χ4n) is 1.18. The lowest BCUT2D eigenvalue weighted by Crippen LogP contribution is -2.14. The van der Waals surface area contributed by atoms with E-state index in [1.807, 2.05) is 0 Å². The summed E-state index contributed by atoms with van der Waals surface area (Å²) in [6, 6.07) is 3.32. The van der Waals surface area contributed by atoms with Crippen LogP contribution in [0, 0.1) is 6.92 Å². The van der Waals surface area contributed by atoms with Crippen LogP contribution in [0.1, 0.15) is 17.2 Å². The van der Waals surface area contributed by atoms with E-state index in [1.54, 1.807) is 19.1 Å². The van der Waals surface area contributed by atoms with Gasteiger partial charge in [-0.25, -0.2) is 4.79 Å². The molecule has 5 heteroatoms. The number of hydrogen-bond acceptors (Lipinski definition) is 4. The number of carbonyl (C=O) groups is 1. The van der Waals surface area contributed by atoms with Crippen LogP contribution in [0.4, 0.5) is 0 Å². The number of phenolic OH excluding ortho intramolecular Hbond substituents is 1. The van der Waals surface area contributed by atoms with Crippen molar-refractivity contribution in [2.75, 3.05) is 7.11 Å². The highest BCUT2D eigenvalue weighted by Crippen LogP contribution is 2.34. The molecule has 0 aliphatic rings. The Labute approximate surface area is 95.6 Å². The molecular formula is C10H11BrO4. The molecule has 82 valence electrons. The van der Waals surface area contributed by atoms with Crippen molar-refractivity contribution in [1.82, 2.24) is 0 Å². The molecule has 4 nitrogen and oxygen atoms in total. The van der Waals surface area contributed by atoms with E-state index >= 15 is 0 Å². The zero-order valence-electron chi connectivity index (χ0n) is 8.32. The molecule has 1 aromatic carbocycles. The SMILES string of the molecule is COC(=O)C(O)c1c(Br)ccc(C)c1O. The minimum atomic E-state index is -1.48. The molecule has 0 fully saturated rings. The van der Waals surface area contributed by atoms with Crippen LogP contribution in [0.25, 0.3) is 0 Å². The van der Waals surface area contributed by atoms with Gasteiger partial charge in [-0.2, -0.15) is 0 Å². The normalized spacial score (nSPS) is 12.3. The standard InChI is InChI=1S/C10H11BrO4/c1-5-3-4-6(11)7(8(5)12)9(13)10(14)15-2/h3-4,9,12-13H,1-2H3. The number of aliphatic hydroxyl groups is 1. The van der Waals surface area contributed by atoms with Gasteiger partial charge in [0, 0.05) is 10.0 Å². The number of ether oxygens (including phenoxy) is 1. The third-order valence-electron chi connectivity index (χ3n) is 2.06. The Morgan fingerprint density at radius 3 is 2.67 bits per heavy atom. The fraction of sp³-hybridized carbons (Fsp3) is 0.300. The van der Waals surface area contributed by atoms with Crippen LogP contribution in [0.2, 0.25) is 0 Å². The van der Waals surface area contributed by atoms with Gasteiger partial charge in [0.05, 0.1) is 7.11 Å². The summed E-state index contributed by atoms with van der Waals surface area (Å²) in [5, 5.41) is 19.3. The number of hydrogen-bond donors (Lipinski definition) is 2. The molecule has 1 aromatic rings.